The van der Waals surface area contributed by atoms with Crippen LogP contribution in [0.2, 0.25) is 0 Å². The van der Waals surface area contributed by atoms with Crippen LogP contribution in [0.15, 0.2) is 6.20 Å². The minimum Gasteiger partial charge on any atom is -0.308 e. The van der Waals surface area contributed by atoms with Crippen molar-refractivity contribution >= 4 is 11.3 Å². The number of nitrogens with one attached hydrogen (secondary N) is 1. The van der Waals surface area contributed by atoms with Crippen molar-refractivity contribution in [2.75, 3.05) is 20.1 Å². The number of hydrogen-bond acceptors (Lipinski definition) is 4. The van der Waals surface area contributed by atoms with Crippen molar-refractivity contribution < 1.29 is 0 Å². The molecule has 1 N–H and O–H groups in total. The molecule has 4 heteroatoms. The first-order chi connectivity index (χ1) is 7.24. The molecule has 0 spiro atoms. The van der Waals surface area contributed by atoms with Gasteiger partial charge in [-0.1, -0.05) is 0 Å². The van der Waals surface area contributed by atoms with Crippen LogP contribution in [-0.2, 0) is 6.54 Å². The lowest BCUT2D eigenvalue weighted by molar-refractivity contribution is 0.227. The van der Waals surface area contributed by atoms with Crippen LogP contribution in [-0.4, -0.2) is 36.1 Å². The van der Waals surface area contributed by atoms with Crippen molar-refractivity contribution in [2.45, 2.75) is 32.4 Å². The second-order valence-electron chi connectivity index (χ2n) is 4.33. The summed E-state index contributed by atoms with van der Waals surface area (Å²) >= 11 is 1.79. The molecule has 84 valence electrons. The van der Waals surface area contributed by atoms with Crippen molar-refractivity contribution in [2.24, 2.45) is 0 Å². The number of aryl methyl sites for hydroxylation is 1. The zero-order valence-corrected chi connectivity index (χ0v) is 10.3. The number of likely N-dealkylation sites (N-methyl/N-ethyl adjacent to an activating group) is 1. The highest BCUT2D eigenvalue weighted by Gasteiger charge is 2.16. The highest BCUT2D eigenvalue weighted by Crippen LogP contribution is 2.13. The zero-order chi connectivity index (χ0) is 10.7. The molecular weight excluding hydrogens is 206 g/mol. The lowest BCUT2D eigenvalue weighted by atomic mass is 10.1. The van der Waals surface area contributed by atoms with Crippen LogP contribution in [0, 0.1) is 6.92 Å². The van der Waals surface area contributed by atoms with Gasteiger partial charge >= 0.3 is 0 Å². The van der Waals surface area contributed by atoms with Gasteiger partial charge in [-0.2, -0.15) is 0 Å². The third-order valence-electron chi connectivity index (χ3n) is 2.86. The maximum atomic E-state index is 4.26. The summed E-state index contributed by atoms with van der Waals surface area (Å²) in [5.41, 5.74) is 0. The normalized spacial score (nSPS) is 23.2. The molecule has 1 saturated heterocycles. The van der Waals surface area contributed by atoms with Gasteiger partial charge in [0.25, 0.3) is 0 Å². The fourth-order valence-corrected chi connectivity index (χ4v) is 2.81. The van der Waals surface area contributed by atoms with Gasteiger partial charge in [0.2, 0.25) is 0 Å². The summed E-state index contributed by atoms with van der Waals surface area (Å²) in [6.45, 7) is 5.46. The van der Waals surface area contributed by atoms with Crippen molar-refractivity contribution in [3.05, 3.63) is 16.1 Å². The second-order valence-corrected chi connectivity index (χ2v) is 5.65. The van der Waals surface area contributed by atoms with E-state index in [-0.39, 0.29) is 0 Å². The smallest absolute Gasteiger partial charge is 0.0897 e. The van der Waals surface area contributed by atoms with E-state index in [9.17, 15) is 0 Å². The minimum atomic E-state index is 0.658. The lowest BCUT2D eigenvalue weighted by Gasteiger charge is -2.30. The number of rotatable bonds is 3. The van der Waals surface area contributed by atoms with Gasteiger partial charge in [0.05, 0.1) is 5.01 Å². The van der Waals surface area contributed by atoms with Crippen LogP contribution in [0.25, 0.3) is 0 Å². The van der Waals surface area contributed by atoms with Gasteiger partial charge < -0.3 is 10.2 Å². The Labute approximate surface area is 95.5 Å². The Morgan fingerprint density at radius 1 is 1.67 bits per heavy atom. The molecule has 2 rings (SSSR count). The van der Waals surface area contributed by atoms with Gasteiger partial charge in [0.15, 0.2) is 0 Å². The summed E-state index contributed by atoms with van der Waals surface area (Å²) in [5.74, 6) is 0. The topological polar surface area (TPSA) is 28.2 Å². The van der Waals surface area contributed by atoms with Crippen LogP contribution in [0.3, 0.4) is 0 Å². The second kappa shape index (κ2) is 5.05. The Hall–Kier alpha value is -0.450. The van der Waals surface area contributed by atoms with Gasteiger partial charge in [-0.3, -0.25) is 0 Å². The lowest BCUT2D eigenvalue weighted by Crippen LogP contribution is -2.43. The Balaban J connectivity index is 1.77. The van der Waals surface area contributed by atoms with E-state index in [0.717, 1.165) is 11.6 Å². The monoisotopic (exact) mass is 225 g/mol. The predicted molar refractivity (Wildman–Crippen MR) is 64.2 cm³/mol. The van der Waals surface area contributed by atoms with Gasteiger partial charge in [0.1, 0.15) is 0 Å². The number of likely N-dealkylation sites (tertiary alicyclic amines) is 1. The predicted octanol–water partition coefficient (Wildman–Crippen LogP) is 1.64. The molecule has 1 aromatic heterocycles. The van der Waals surface area contributed by atoms with Crippen LogP contribution >= 0.6 is 11.3 Å². The molecule has 1 aromatic rings. The van der Waals surface area contributed by atoms with Crippen LogP contribution in [0.5, 0.6) is 0 Å². The van der Waals surface area contributed by atoms with E-state index in [0.29, 0.717) is 6.04 Å². The van der Waals surface area contributed by atoms with Gasteiger partial charge in [-0.25, -0.2) is 4.98 Å². The largest absolute Gasteiger partial charge is 0.308 e. The van der Waals surface area contributed by atoms with E-state index in [1.54, 1.807) is 11.3 Å². The Morgan fingerprint density at radius 3 is 3.20 bits per heavy atom. The molecule has 0 bridgehead atoms. The first-order valence-corrected chi connectivity index (χ1v) is 6.39. The Kier molecular flexibility index (Phi) is 3.72. The number of hydrogen-bond donors (Lipinski definition) is 1. The fourth-order valence-electron chi connectivity index (χ4n) is 2.06. The van der Waals surface area contributed by atoms with Gasteiger partial charge in [-0.05, 0) is 33.4 Å². The van der Waals surface area contributed by atoms with Crippen molar-refractivity contribution in [3.8, 4) is 0 Å². The molecule has 1 atom stereocenters. The number of thiazole rings is 1. The van der Waals surface area contributed by atoms with E-state index in [1.807, 2.05) is 6.20 Å². The molecule has 0 aliphatic carbocycles. The molecule has 1 unspecified atom stereocenters. The molecule has 0 saturated carbocycles. The highest BCUT2D eigenvalue weighted by molar-refractivity contribution is 7.11. The minimum absolute atomic E-state index is 0.658. The maximum absolute atomic E-state index is 4.26. The number of nitrogens with zero attached hydrogens (tertiary/aromatic N) is 2. The average molecular weight is 225 g/mol. The first kappa shape index (κ1) is 11.0. The van der Waals surface area contributed by atoms with Gasteiger partial charge in [-0.15, -0.1) is 11.3 Å². The van der Waals surface area contributed by atoms with Crippen LogP contribution in [0.4, 0.5) is 0 Å². The molecule has 2 heterocycles. The summed E-state index contributed by atoms with van der Waals surface area (Å²) in [5, 5.41) is 4.77. The van der Waals surface area contributed by atoms with E-state index in [2.05, 4.69) is 29.2 Å². The van der Waals surface area contributed by atoms with Crippen LogP contribution in [0.1, 0.15) is 22.7 Å². The summed E-state index contributed by atoms with van der Waals surface area (Å²) in [6.07, 6.45) is 4.61. The summed E-state index contributed by atoms with van der Waals surface area (Å²) < 4.78 is 0. The zero-order valence-electron chi connectivity index (χ0n) is 9.49. The third kappa shape index (κ3) is 3.26. The Morgan fingerprint density at radius 2 is 2.53 bits per heavy atom. The maximum Gasteiger partial charge on any atom is 0.0897 e. The van der Waals surface area contributed by atoms with Crippen LogP contribution < -0.4 is 5.32 Å². The van der Waals surface area contributed by atoms with E-state index in [4.69, 9.17) is 0 Å². The summed E-state index contributed by atoms with van der Waals surface area (Å²) in [6, 6.07) is 0.658. The molecule has 1 aliphatic heterocycles. The van der Waals surface area contributed by atoms with E-state index >= 15 is 0 Å². The highest BCUT2D eigenvalue weighted by atomic mass is 32.1. The van der Waals surface area contributed by atoms with E-state index in [1.165, 1.54) is 30.8 Å². The van der Waals surface area contributed by atoms with Crippen molar-refractivity contribution in [1.82, 2.24) is 15.2 Å². The SMILES string of the molecule is Cc1ncc(CNC2CCCN(C)C2)s1. The summed E-state index contributed by atoms with van der Waals surface area (Å²) in [4.78, 5) is 8.01. The molecule has 15 heavy (non-hydrogen) atoms. The molecule has 0 amide bonds. The molecule has 0 aromatic carbocycles. The molecule has 3 nitrogen and oxygen atoms in total. The first-order valence-electron chi connectivity index (χ1n) is 5.57. The van der Waals surface area contributed by atoms with Crippen molar-refractivity contribution in [1.29, 1.82) is 0 Å². The quantitative estimate of drug-likeness (QED) is 0.847. The standard InChI is InChI=1S/C11H19N3S/c1-9-12-6-11(15-9)7-13-10-4-3-5-14(2)8-10/h6,10,13H,3-5,7-8H2,1-2H3. The number of aromatic nitrogens is 1. The molecule has 0 radical (unpaired) electrons. The average Bonchev–Trinajstić information content (AvgIpc) is 2.62. The van der Waals surface area contributed by atoms with E-state index < -0.39 is 0 Å². The fraction of sp³-hybridized carbons (Fsp3) is 0.727. The molecule has 1 fully saturated rings. The van der Waals surface area contributed by atoms with Crippen molar-refractivity contribution in [3.63, 3.8) is 0 Å². The van der Waals surface area contributed by atoms with Gasteiger partial charge in [0, 0.05) is 30.2 Å². The number of piperidine rings is 1. The summed E-state index contributed by atoms with van der Waals surface area (Å²) in [7, 11) is 2.20. The Bertz CT molecular complexity index is 311. The molecular formula is C11H19N3S. The molecule has 1 aliphatic rings. The third-order valence-corrected chi connectivity index (χ3v) is 3.77.